The summed E-state index contributed by atoms with van der Waals surface area (Å²) in [4.78, 5) is 4.44. The molecule has 0 aromatic carbocycles. The molecule has 0 aromatic rings. The van der Waals surface area contributed by atoms with E-state index in [9.17, 15) is 0 Å². The van der Waals surface area contributed by atoms with Gasteiger partial charge in [0, 0.05) is 6.92 Å². The van der Waals surface area contributed by atoms with E-state index >= 15 is 0 Å². The highest BCUT2D eigenvalue weighted by atomic mass is 127. The van der Waals surface area contributed by atoms with Crippen molar-refractivity contribution in [2.45, 2.75) is 45.1 Å². The lowest BCUT2D eigenvalue weighted by atomic mass is 9.96. The van der Waals surface area contributed by atoms with Crippen molar-refractivity contribution in [2.24, 2.45) is 4.99 Å². The standard InChI is InChI=1S/C8H14INO/c1-7(11-9)10-8-5-3-2-4-6-8/h8H,2-6H2,1H3/b10-7-. The summed E-state index contributed by atoms with van der Waals surface area (Å²) in [7, 11) is 0. The van der Waals surface area contributed by atoms with E-state index in [0.29, 0.717) is 6.04 Å². The molecule has 0 heterocycles. The van der Waals surface area contributed by atoms with Gasteiger partial charge >= 0.3 is 0 Å². The Morgan fingerprint density at radius 2 is 2.00 bits per heavy atom. The first-order valence-corrected chi connectivity index (χ1v) is 5.04. The fraction of sp³-hybridized carbons (Fsp3) is 0.875. The molecule has 0 aromatic heterocycles. The Balaban J connectivity index is 2.34. The summed E-state index contributed by atoms with van der Waals surface area (Å²) < 4.78 is 4.97. The topological polar surface area (TPSA) is 21.6 Å². The number of hydrogen-bond acceptors (Lipinski definition) is 2. The molecule has 3 heteroatoms. The predicted molar refractivity (Wildman–Crippen MR) is 55.1 cm³/mol. The van der Waals surface area contributed by atoms with Crippen LogP contribution in [0.15, 0.2) is 4.99 Å². The third kappa shape index (κ3) is 3.40. The second-order valence-corrected chi connectivity index (χ2v) is 3.46. The third-order valence-corrected chi connectivity index (χ3v) is 2.69. The fourth-order valence-electron chi connectivity index (χ4n) is 1.49. The Morgan fingerprint density at radius 1 is 1.36 bits per heavy atom. The lowest BCUT2D eigenvalue weighted by molar-refractivity contribution is 0.438. The van der Waals surface area contributed by atoms with E-state index in [1.165, 1.54) is 32.1 Å². The predicted octanol–water partition coefficient (Wildman–Crippen LogP) is 3.10. The van der Waals surface area contributed by atoms with Crippen LogP contribution in [0, 0.1) is 0 Å². The number of halogens is 1. The molecule has 0 amide bonds. The first kappa shape index (κ1) is 9.29. The zero-order valence-electron chi connectivity index (χ0n) is 6.85. The summed E-state index contributed by atoms with van der Waals surface area (Å²) in [6.07, 6.45) is 6.55. The molecule has 2 nitrogen and oxygen atoms in total. The molecule has 0 bridgehead atoms. The van der Waals surface area contributed by atoms with Crippen LogP contribution in [0.3, 0.4) is 0 Å². The Kier molecular flexibility index (Phi) is 4.18. The Bertz CT molecular complexity index is 141. The van der Waals surface area contributed by atoms with Gasteiger partial charge in [-0.3, -0.25) is 4.99 Å². The molecule has 64 valence electrons. The smallest absolute Gasteiger partial charge is 0.194 e. The molecule has 0 N–H and O–H groups in total. The summed E-state index contributed by atoms with van der Waals surface area (Å²) in [6.45, 7) is 1.92. The van der Waals surface area contributed by atoms with Crippen LogP contribution >= 0.6 is 23.0 Å². The van der Waals surface area contributed by atoms with Crippen molar-refractivity contribution in [1.82, 2.24) is 0 Å². The highest BCUT2D eigenvalue weighted by Crippen LogP contribution is 2.20. The van der Waals surface area contributed by atoms with Crippen LogP contribution in [0.1, 0.15) is 39.0 Å². The van der Waals surface area contributed by atoms with E-state index in [4.69, 9.17) is 3.07 Å². The molecule has 1 aliphatic carbocycles. The molecule has 0 atom stereocenters. The van der Waals surface area contributed by atoms with Crippen LogP contribution in [-0.2, 0) is 3.07 Å². The molecule has 1 aliphatic rings. The lowest BCUT2D eigenvalue weighted by Gasteiger charge is -2.17. The largest absolute Gasteiger partial charge is 0.413 e. The third-order valence-electron chi connectivity index (χ3n) is 2.05. The van der Waals surface area contributed by atoms with Gasteiger partial charge < -0.3 is 3.07 Å². The monoisotopic (exact) mass is 267 g/mol. The minimum atomic E-state index is 0.540. The molecule has 1 rings (SSSR count). The summed E-state index contributed by atoms with van der Waals surface area (Å²) in [5.74, 6) is 0.817. The van der Waals surface area contributed by atoms with E-state index < -0.39 is 0 Å². The minimum Gasteiger partial charge on any atom is -0.413 e. The summed E-state index contributed by atoms with van der Waals surface area (Å²) in [5, 5.41) is 0. The van der Waals surface area contributed by atoms with E-state index in [1.54, 1.807) is 0 Å². The molecular weight excluding hydrogens is 253 g/mol. The van der Waals surface area contributed by atoms with Gasteiger partial charge in [-0.05, 0) is 12.8 Å². The van der Waals surface area contributed by atoms with Gasteiger partial charge in [-0.15, -0.1) is 0 Å². The summed E-state index contributed by atoms with van der Waals surface area (Å²) >= 11 is 1.88. The maximum absolute atomic E-state index is 4.97. The van der Waals surface area contributed by atoms with Gasteiger partial charge in [-0.1, -0.05) is 19.3 Å². The molecular formula is C8H14INO. The minimum absolute atomic E-state index is 0.540. The van der Waals surface area contributed by atoms with Gasteiger partial charge in [0.15, 0.2) is 28.9 Å². The van der Waals surface area contributed by atoms with Gasteiger partial charge in [0.1, 0.15) is 0 Å². The first-order chi connectivity index (χ1) is 5.33. The maximum atomic E-state index is 4.97. The molecule has 11 heavy (non-hydrogen) atoms. The molecule has 0 radical (unpaired) electrons. The normalized spacial score (nSPS) is 21.8. The van der Waals surface area contributed by atoms with E-state index in [-0.39, 0.29) is 0 Å². The van der Waals surface area contributed by atoms with Gasteiger partial charge in [0.2, 0.25) is 0 Å². The number of nitrogens with zero attached hydrogens (tertiary/aromatic N) is 1. The van der Waals surface area contributed by atoms with E-state index in [0.717, 1.165) is 5.90 Å². The van der Waals surface area contributed by atoms with Crippen LogP contribution in [0.25, 0.3) is 0 Å². The van der Waals surface area contributed by atoms with E-state index in [2.05, 4.69) is 4.99 Å². The summed E-state index contributed by atoms with van der Waals surface area (Å²) in [5.41, 5.74) is 0. The van der Waals surface area contributed by atoms with Gasteiger partial charge in [0.25, 0.3) is 0 Å². The highest BCUT2D eigenvalue weighted by molar-refractivity contribution is 14.1. The van der Waals surface area contributed by atoms with Gasteiger partial charge in [0.05, 0.1) is 6.04 Å². The van der Waals surface area contributed by atoms with Crippen molar-refractivity contribution in [3.8, 4) is 0 Å². The van der Waals surface area contributed by atoms with Crippen molar-refractivity contribution in [1.29, 1.82) is 0 Å². The van der Waals surface area contributed by atoms with Crippen LogP contribution < -0.4 is 0 Å². The Morgan fingerprint density at radius 3 is 2.55 bits per heavy atom. The van der Waals surface area contributed by atoms with Crippen molar-refractivity contribution in [3.05, 3.63) is 0 Å². The van der Waals surface area contributed by atoms with Crippen molar-refractivity contribution >= 4 is 28.9 Å². The van der Waals surface area contributed by atoms with Crippen LogP contribution in [0.2, 0.25) is 0 Å². The SMILES string of the molecule is C/C(=N/C1CCCCC1)OI. The van der Waals surface area contributed by atoms with Crippen LogP contribution in [0.5, 0.6) is 0 Å². The number of aliphatic imine (C=N–C) groups is 1. The van der Waals surface area contributed by atoms with Crippen LogP contribution in [-0.4, -0.2) is 11.9 Å². The zero-order valence-corrected chi connectivity index (χ0v) is 9.00. The average molecular weight is 267 g/mol. The number of hydrogen-bond donors (Lipinski definition) is 0. The second kappa shape index (κ2) is 4.95. The quantitative estimate of drug-likeness (QED) is 0.406. The van der Waals surface area contributed by atoms with E-state index in [1.807, 2.05) is 29.9 Å². The highest BCUT2D eigenvalue weighted by Gasteiger charge is 2.11. The van der Waals surface area contributed by atoms with Gasteiger partial charge in [-0.2, -0.15) is 0 Å². The molecule has 1 fully saturated rings. The molecule has 0 saturated heterocycles. The maximum Gasteiger partial charge on any atom is 0.194 e. The summed E-state index contributed by atoms with van der Waals surface area (Å²) in [6, 6.07) is 0.540. The first-order valence-electron chi connectivity index (χ1n) is 4.16. The van der Waals surface area contributed by atoms with Gasteiger partial charge in [-0.25, -0.2) is 0 Å². The Labute approximate surface area is 82.1 Å². The van der Waals surface area contributed by atoms with Crippen LogP contribution in [0.4, 0.5) is 0 Å². The second-order valence-electron chi connectivity index (χ2n) is 3.02. The lowest BCUT2D eigenvalue weighted by Crippen LogP contribution is -2.11. The number of rotatable bonds is 1. The van der Waals surface area contributed by atoms with Crippen molar-refractivity contribution in [2.75, 3.05) is 0 Å². The fourth-order valence-corrected chi connectivity index (χ4v) is 1.60. The van der Waals surface area contributed by atoms with Crippen molar-refractivity contribution in [3.63, 3.8) is 0 Å². The average Bonchev–Trinajstić information content (AvgIpc) is 2.06. The molecule has 0 unspecified atom stereocenters. The Hall–Kier alpha value is 0.200. The molecule has 0 spiro atoms. The van der Waals surface area contributed by atoms with Crippen molar-refractivity contribution < 1.29 is 3.07 Å². The zero-order chi connectivity index (χ0) is 8.10. The molecule has 0 aliphatic heterocycles. The molecule has 1 saturated carbocycles.